The SMILES string of the molecule is CS(=O)(=O)n1c(/C=C/c2cc(Cl)cc(Cl)c2)nc2cc(F)ccc21. The first-order chi connectivity index (χ1) is 11.2. The predicted octanol–water partition coefficient (Wildman–Crippen LogP) is 4.46. The van der Waals surface area contributed by atoms with Crippen LogP contribution in [0.25, 0.3) is 23.2 Å². The average Bonchev–Trinajstić information content (AvgIpc) is 2.81. The van der Waals surface area contributed by atoms with Gasteiger partial charge in [0.25, 0.3) is 0 Å². The van der Waals surface area contributed by atoms with E-state index in [4.69, 9.17) is 23.2 Å². The molecule has 0 atom stereocenters. The summed E-state index contributed by atoms with van der Waals surface area (Å²) in [6, 6.07) is 8.70. The van der Waals surface area contributed by atoms with E-state index in [0.717, 1.165) is 10.2 Å². The predicted molar refractivity (Wildman–Crippen MR) is 95.3 cm³/mol. The minimum Gasteiger partial charge on any atom is -0.228 e. The number of benzene rings is 2. The molecule has 0 saturated carbocycles. The van der Waals surface area contributed by atoms with Crippen LogP contribution in [0.3, 0.4) is 0 Å². The van der Waals surface area contributed by atoms with Crippen molar-refractivity contribution in [3.8, 4) is 0 Å². The van der Waals surface area contributed by atoms with Crippen LogP contribution in [0, 0.1) is 5.82 Å². The third kappa shape index (κ3) is 3.45. The third-order valence-corrected chi connectivity index (χ3v) is 4.72. The average molecular weight is 385 g/mol. The highest BCUT2D eigenvalue weighted by Crippen LogP contribution is 2.23. The summed E-state index contributed by atoms with van der Waals surface area (Å²) in [7, 11) is -3.62. The number of fused-ring (bicyclic) bond motifs is 1. The molecule has 1 aromatic heterocycles. The van der Waals surface area contributed by atoms with Gasteiger partial charge in [0, 0.05) is 16.1 Å². The first kappa shape index (κ1) is 17.0. The van der Waals surface area contributed by atoms with Gasteiger partial charge in [0.15, 0.2) is 0 Å². The van der Waals surface area contributed by atoms with Gasteiger partial charge in [-0.15, -0.1) is 0 Å². The molecular formula is C16H11Cl2FN2O2S. The lowest BCUT2D eigenvalue weighted by molar-refractivity contribution is 0.594. The van der Waals surface area contributed by atoms with Crippen LogP contribution in [0.15, 0.2) is 36.4 Å². The molecule has 124 valence electrons. The van der Waals surface area contributed by atoms with E-state index >= 15 is 0 Å². The molecule has 24 heavy (non-hydrogen) atoms. The fraction of sp³-hybridized carbons (Fsp3) is 0.0625. The Hall–Kier alpha value is -1.89. The molecule has 0 radical (unpaired) electrons. The highest BCUT2D eigenvalue weighted by molar-refractivity contribution is 7.89. The lowest BCUT2D eigenvalue weighted by atomic mass is 10.2. The number of hydrogen-bond acceptors (Lipinski definition) is 3. The van der Waals surface area contributed by atoms with Gasteiger partial charge in [0.1, 0.15) is 11.6 Å². The quantitative estimate of drug-likeness (QED) is 0.669. The molecule has 0 aliphatic rings. The molecule has 0 aliphatic heterocycles. The third-order valence-electron chi connectivity index (χ3n) is 3.24. The monoisotopic (exact) mass is 384 g/mol. The van der Waals surface area contributed by atoms with Crippen molar-refractivity contribution in [3.05, 3.63) is 63.6 Å². The Balaban J connectivity index is 2.16. The summed E-state index contributed by atoms with van der Waals surface area (Å²) in [5.41, 5.74) is 1.25. The first-order valence-electron chi connectivity index (χ1n) is 6.77. The molecule has 0 saturated heterocycles. The number of nitrogens with zero attached hydrogens (tertiary/aromatic N) is 2. The van der Waals surface area contributed by atoms with Gasteiger partial charge >= 0.3 is 0 Å². The van der Waals surface area contributed by atoms with Crippen LogP contribution in [0.1, 0.15) is 11.4 Å². The fourth-order valence-corrected chi connectivity index (χ4v) is 3.84. The molecule has 3 rings (SSSR count). The van der Waals surface area contributed by atoms with Crippen molar-refractivity contribution in [1.82, 2.24) is 8.96 Å². The van der Waals surface area contributed by atoms with Crippen LogP contribution in [-0.2, 0) is 10.0 Å². The Kier molecular flexibility index (Phi) is 4.38. The van der Waals surface area contributed by atoms with Crippen molar-refractivity contribution >= 4 is 56.4 Å². The van der Waals surface area contributed by atoms with Crippen molar-refractivity contribution in [3.63, 3.8) is 0 Å². The van der Waals surface area contributed by atoms with Gasteiger partial charge in [0.05, 0.1) is 17.3 Å². The van der Waals surface area contributed by atoms with Gasteiger partial charge in [-0.25, -0.2) is 21.8 Å². The highest BCUT2D eigenvalue weighted by Gasteiger charge is 2.16. The highest BCUT2D eigenvalue weighted by atomic mass is 35.5. The van der Waals surface area contributed by atoms with E-state index in [2.05, 4.69) is 4.98 Å². The Morgan fingerprint density at radius 2 is 1.75 bits per heavy atom. The fourth-order valence-electron chi connectivity index (χ4n) is 2.35. The minimum absolute atomic E-state index is 0.161. The van der Waals surface area contributed by atoms with Crippen molar-refractivity contribution in [2.75, 3.05) is 6.26 Å². The van der Waals surface area contributed by atoms with Crippen molar-refractivity contribution in [1.29, 1.82) is 0 Å². The summed E-state index contributed by atoms with van der Waals surface area (Å²) in [6.07, 6.45) is 4.21. The lowest BCUT2D eigenvalue weighted by Gasteiger charge is -2.03. The van der Waals surface area contributed by atoms with E-state index in [-0.39, 0.29) is 11.3 Å². The molecule has 0 amide bonds. The van der Waals surface area contributed by atoms with Gasteiger partial charge in [0.2, 0.25) is 10.0 Å². The zero-order valence-corrected chi connectivity index (χ0v) is 14.7. The molecule has 0 N–H and O–H groups in total. The number of aromatic nitrogens is 2. The van der Waals surface area contributed by atoms with E-state index < -0.39 is 15.8 Å². The Morgan fingerprint density at radius 3 is 2.38 bits per heavy atom. The second-order valence-corrected chi connectivity index (χ2v) is 7.87. The normalized spacial score (nSPS) is 12.3. The summed E-state index contributed by atoms with van der Waals surface area (Å²) in [5, 5.41) is 0.918. The van der Waals surface area contributed by atoms with Crippen LogP contribution in [0.4, 0.5) is 4.39 Å². The largest absolute Gasteiger partial charge is 0.237 e. The maximum Gasteiger partial charge on any atom is 0.237 e. The van der Waals surface area contributed by atoms with Crippen LogP contribution in [0.5, 0.6) is 0 Å². The molecule has 0 aliphatic carbocycles. The van der Waals surface area contributed by atoms with Gasteiger partial charge < -0.3 is 0 Å². The zero-order valence-electron chi connectivity index (χ0n) is 12.4. The molecule has 2 aromatic carbocycles. The van der Waals surface area contributed by atoms with Gasteiger partial charge in [-0.2, -0.15) is 0 Å². The Labute approximate surface area is 148 Å². The molecule has 0 spiro atoms. The van der Waals surface area contributed by atoms with Gasteiger partial charge in [-0.1, -0.05) is 29.3 Å². The van der Waals surface area contributed by atoms with Gasteiger partial charge in [-0.05, 0) is 42.0 Å². The molecule has 0 bridgehead atoms. The lowest BCUT2D eigenvalue weighted by Crippen LogP contribution is -2.11. The summed E-state index contributed by atoms with van der Waals surface area (Å²) in [4.78, 5) is 4.19. The summed E-state index contributed by atoms with van der Waals surface area (Å²) in [5.74, 6) is -0.327. The number of rotatable bonds is 3. The summed E-state index contributed by atoms with van der Waals surface area (Å²) >= 11 is 11.9. The molecule has 0 fully saturated rings. The van der Waals surface area contributed by atoms with E-state index in [1.807, 2.05) is 0 Å². The molecule has 0 unspecified atom stereocenters. The van der Waals surface area contributed by atoms with E-state index in [9.17, 15) is 12.8 Å². The number of imidazole rings is 1. The van der Waals surface area contributed by atoms with E-state index in [0.29, 0.717) is 21.1 Å². The Bertz CT molecular complexity index is 1050. The molecular weight excluding hydrogens is 374 g/mol. The van der Waals surface area contributed by atoms with Crippen LogP contribution < -0.4 is 0 Å². The van der Waals surface area contributed by atoms with Crippen molar-refractivity contribution in [2.45, 2.75) is 0 Å². The molecule has 8 heteroatoms. The number of hydrogen-bond donors (Lipinski definition) is 0. The topological polar surface area (TPSA) is 52.0 Å². The second kappa shape index (κ2) is 6.20. The molecule has 4 nitrogen and oxygen atoms in total. The standard InChI is InChI=1S/C16H11Cl2FN2O2S/c1-24(22,23)21-15-4-3-13(19)9-14(15)20-16(21)5-2-10-6-11(17)8-12(18)7-10/h2-9H,1H3/b5-2+. The minimum atomic E-state index is -3.62. The van der Waals surface area contributed by atoms with E-state index in [1.54, 1.807) is 24.3 Å². The zero-order chi connectivity index (χ0) is 17.5. The Morgan fingerprint density at radius 1 is 1.08 bits per heavy atom. The maximum atomic E-state index is 13.4. The smallest absolute Gasteiger partial charge is 0.228 e. The maximum absolute atomic E-state index is 13.4. The summed E-state index contributed by atoms with van der Waals surface area (Å²) < 4.78 is 38.6. The van der Waals surface area contributed by atoms with E-state index in [1.165, 1.54) is 24.3 Å². The van der Waals surface area contributed by atoms with Gasteiger partial charge in [-0.3, -0.25) is 0 Å². The first-order valence-corrected chi connectivity index (χ1v) is 9.37. The molecule has 3 aromatic rings. The van der Waals surface area contributed by atoms with Crippen molar-refractivity contribution < 1.29 is 12.8 Å². The molecule has 1 heterocycles. The van der Waals surface area contributed by atoms with Crippen molar-refractivity contribution in [2.24, 2.45) is 0 Å². The second-order valence-electron chi connectivity index (χ2n) is 5.17. The van der Waals surface area contributed by atoms with Crippen LogP contribution in [0.2, 0.25) is 10.0 Å². The number of halogens is 3. The summed E-state index contributed by atoms with van der Waals surface area (Å²) in [6.45, 7) is 0. The van der Waals surface area contributed by atoms with Crippen LogP contribution in [-0.4, -0.2) is 23.6 Å². The van der Waals surface area contributed by atoms with Crippen LogP contribution >= 0.6 is 23.2 Å².